The Morgan fingerprint density at radius 1 is 0.800 bits per heavy atom. The van der Waals surface area contributed by atoms with E-state index in [1.165, 1.54) is 25.9 Å². The van der Waals surface area contributed by atoms with Crippen molar-refractivity contribution < 1.29 is 0 Å². The first-order valence-corrected chi connectivity index (χ1v) is 6.55. The molecule has 0 atom stereocenters. The molecule has 90 valence electrons. The van der Waals surface area contributed by atoms with Gasteiger partial charge in [-0.15, -0.1) is 0 Å². The fourth-order valence-electron chi connectivity index (χ4n) is 2.21. The van der Waals surface area contributed by atoms with Gasteiger partial charge in [-0.2, -0.15) is 0 Å². The SMILES string of the molecule is CC.CC(C)C1=C(C(C)C)CCNCC1. The summed E-state index contributed by atoms with van der Waals surface area (Å²) in [4.78, 5) is 0. The Kier molecular flexibility index (Phi) is 7.76. The second-order valence-corrected chi connectivity index (χ2v) is 4.61. The van der Waals surface area contributed by atoms with Gasteiger partial charge in [-0.3, -0.25) is 0 Å². The summed E-state index contributed by atoms with van der Waals surface area (Å²) in [6.07, 6.45) is 2.51. The monoisotopic (exact) mass is 211 g/mol. The van der Waals surface area contributed by atoms with E-state index in [2.05, 4.69) is 33.0 Å². The molecule has 1 nitrogen and oxygen atoms in total. The second kappa shape index (κ2) is 7.92. The molecule has 0 spiro atoms. The topological polar surface area (TPSA) is 12.0 Å². The van der Waals surface area contributed by atoms with Crippen molar-refractivity contribution in [2.24, 2.45) is 11.8 Å². The molecular weight excluding hydrogens is 182 g/mol. The van der Waals surface area contributed by atoms with Crippen molar-refractivity contribution in [3.8, 4) is 0 Å². The molecule has 1 rings (SSSR count). The highest BCUT2D eigenvalue weighted by molar-refractivity contribution is 5.19. The van der Waals surface area contributed by atoms with Crippen LogP contribution in [0.4, 0.5) is 0 Å². The van der Waals surface area contributed by atoms with Crippen molar-refractivity contribution in [2.45, 2.75) is 54.4 Å². The Morgan fingerprint density at radius 2 is 1.13 bits per heavy atom. The van der Waals surface area contributed by atoms with Crippen molar-refractivity contribution in [3.63, 3.8) is 0 Å². The number of hydrogen-bond acceptors (Lipinski definition) is 1. The summed E-state index contributed by atoms with van der Waals surface area (Å²) in [5.41, 5.74) is 3.42. The summed E-state index contributed by atoms with van der Waals surface area (Å²) in [5.74, 6) is 1.47. The summed E-state index contributed by atoms with van der Waals surface area (Å²) in [5, 5.41) is 3.48. The highest BCUT2D eigenvalue weighted by Crippen LogP contribution is 2.27. The predicted octanol–water partition coefficient (Wildman–Crippen LogP) is 4.00. The summed E-state index contributed by atoms with van der Waals surface area (Å²) < 4.78 is 0. The summed E-state index contributed by atoms with van der Waals surface area (Å²) in [6.45, 7) is 15.6. The molecule has 0 bridgehead atoms. The Labute approximate surface area is 96.3 Å². The molecule has 0 saturated heterocycles. The Hall–Kier alpha value is -0.300. The maximum absolute atomic E-state index is 3.48. The van der Waals surface area contributed by atoms with Gasteiger partial charge in [-0.25, -0.2) is 0 Å². The molecule has 1 aliphatic rings. The second-order valence-electron chi connectivity index (χ2n) is 4.61. The maximum atomic E-state index is 3.48. The molecule has 0 aromatic carbocycles. The van der Waals surface area contributed by atoms with Gasteiger partial charge in [0.15, 0.2) is 0 Å². The van der Waals surface area contributed by atoms with Crippen LogP contribution in [0.3, 0.4) is 0 Å². The van der Waals surface area contributed by atoms with E-state index >= 15 is 0 Å². The van der Waals surface area contributed by atoms with Gasteiger partial charge in [0.1, 0.15) is 0 Å². The number of rotatable bonds is 2. The van der Waals surface area contributed by atoms with Crippen LogP contribution in [0.2, 0.25) is 0 Å². The Bertz CT molecular complexity index is 170. The predicted molar refractivity (Wildman–Crippen MR) is 70.2 cm³/mol. The van der Waals surface area contributed by atoms with E-state index in [9.17, 15) is 0 Å². The minimum Gasteiger partial charge on any atom is -0.316 e. The van der Waals surface area contributed by atoms with Crippen LogP contribution in [0.1, 0.15) is 54.4 Å². The van der Waals surface area contributed by atoms with E-state index in [0.29, 0.717) is 0 Å². The molecule has 0 radical (unpaired) electrons. The first kappa shape index (κ1) is 14.7. The lowest BCUT2D eigenvalue weighted by Crippen LogP contribution is -2.14. The largest absolute Gasteiger partial charge is 0.316 e. The molecule has 1 heteroatoms. The standard InChI is InChI=1S/C12H23N.C2H6/c1-9(2)11-5-7-13-8-6-12(11)10(3)4;1-2/h9-10,13H,5-8H2,1-4H3;1-2H3. The molecule has 1 heterocycles. The first-order valence-electron chi connectivity index (χ1n) is 6.55. The molecular formula is C14H29N. The van der Waals surface area contributed by atoms with Crippen LogP contribution in [0.25, 0.3) is 0 Å². The van der Waals surface area contributed by atoms with E-state index < -0.39 is 0 Å². The summed E-state index contributed by atoms with van der Waals surface area (Å²) in [7, 11) is 0. The zero-order valence-electron chi connectivity index (χ0n) is 11.5. The lowest BCUT2D eigenvalue weighted by molar-refractivity contribution is 0.653. The quantitative estimate of drug-likeness (QED) is 0.681. The molecule has 0 aromatic rings. The van der Waals surface area contributed by atoms with E-state index in [0.717, 1.165) is 11.8 Å². The third-order valence-corrected chi connectivity index (χ3v) is 2.95. The van der Waals surface area contributed by atoms with Crippen LogP contribution in [0.15, 0.2) is 11.1 Å². The van der Waals surface area contributed by atoms with E-state index in [-0.39, 0.29) is 0 Å². The molecule has 15 heavy (non-hydrogen) atoms. The van der Waals surface area contributed by atoms with E-state index in [1.54, 1.807) is 11.1 Å². The minimum atomic E-state index is 0.734. The van der Waals surface area contributed by atoms with E-state index in [4.69, 9.17) is 0 Å². The molecule has 1 N–H and O–H groups in total. The van der Waals surface area contributed by atoms with Crippen LogP contribution in [-0.2, 0) is 0 Å². The third kappa shape index (κ3) is 4.83. The lowest BCUT2D eigenvalue weighted by Gasteiger charge is -2.18. The van der Waals surface area contributed by atoms with Gasteiger partial charge in [0.05, 0.1) is 0 Å². The maximum Gasteiger partial charge on any atom is -0.00113 e. The average molecular weight is 211 g/mol. The van der Waals surface area contributed by atoms with Crippen LogP contribution < -0.4 is 5.32 Å². The molecule has 0 aliphatic carbocycles. The summed E-state index contributed by atoms with van der Waals surface area (Å²) in [6, 6.07) is 0. The number of nitrogens with one attached hydrogen (secondary N) is 1. The summed E-state index contributed by atoms with van der Waals surface area (Å²) >= 11 is 0. The molecule has 1 aliphatic heterocycles. The molecule has 0 saturated carbocycles. The van der Waals surface area contributed by atoms with E-state index in [1.807, 2.05) is 13.8 Å². The average Bonchev–Trinajstić information content (AvgIpc) is 2.45. The number of hydrogen-bond donors (Lipinski definition) is 1. The van der Waals surface area contributed by atoms with Gasteiger partial charge in [0.25, 0.3) is 0 Å². The van der Waals surface area contributed by atoms with Crippen molar-refractivity contribution in [3.05, 3.63) is 11.1 Å². The van der Waals surface area contributed by atoms with Gasteiger partial charge in [-0.1, -0.05) is 52.7 Å². The highest BCUT2D eigenvalue weighted by Gasteiger charge is 2.15. The third-order valence-electron chi connectivity index (χ3n) is 2.95. The van der Waals surface area contributed by atoms with Crippen molar-refractivity contribution >= 4 is 0 Å². The molecule has 0 fully saturated rings. The highest BCUT2D eigenvalue weighted by atomic mass is 14.8. The van der Waals surface area contributed by atoms with Gasteiger partial charge in [0.2, 0.25) is 0 Å². The fourth-order valence-corrected chi connectivity index (χ4v) is 2.21. The first-order chi connectivity index (χ1) is 7.13. The molecule has 0 aromatic heterocycles. The van der Waals surface area contributed by atoms with Crippen LogP contribution in [-0.4, -0.2) is 13.1 Å². The normalized spacial score (nSPS) is 17.6. The molecule has 0 amide bonds. The minimum absolute atomic E-state index is 0.734. The molecule has 0 unspecified atom stereocenters. The van der Waals surface area contributed by atoms with Crippen LogP contribution >= 0.6 is 0 Å². The van der Waals surface area contributed by atoms with Crippen molar-refractivity contribution in [2.75, 3.05) is 13.1 Å². The Morgan fingerprint density at radius 3 is 1.40 bits per heavy atom. The van der Waals surface area contributed by atoms with Gasteiger partial charge < -0.3 is 5.32 Å². The van der Waals surface area contributed by atoms with Crippen LogP contribution in [0, 0.1) is 11.8 Å². The van der Waals surface area contributed by atoms with Gasteiger partial charge in [-0.05, 0) is 37.8 Å². The van der Waals surface area contributed by atoms with Gasteiger partial charge in [0, 0.05) is 0 Å². The zero-order valence-corrected chi connectivity index (χ0v) is 11.5. The lowest BCUT2D eigenvalue weighted by atomic mass is 9.87. The zero-order chi connectivity index (χ0) is 11.8. The fraction of sp³-hybridized carbons (Fsp3) is 0.857. The van der Waals surface area contributed by atoms with Crippen LogP contribution in [0.5, 0.6) is 0 Å². The van der Waals surface area contributed by atoms with Gasteiger partial charge >= 0.3 is 0 Å². The van der Waals surface area contributed by atoms with Crippen molar-refractivity contribution in [1.29, 1.82) is 0 Å². The van der Waals surface area contributed by atoms with Crippen molar-refractivity contribution in [1.82, 2.24) is 5.32 Å². The smallest absolute Gasteiger partial charge is 0.00113 e. The Balaban J connectivity index is 0.000000921.